The Labute approximate surface area is 155 Å². The molecule has 0 fully saturated rings. The molecule has 4 rings (SSSR count). The molecule has 0 unspecified atom stereocenters. The normalized spacial score (nSPS) is 14.5. The lowest BCUT2D eigenvalue weighted by atomic mass is 10.0. The van der Waals surface area contributed by atoms with Crippen LogP contribution in [0.25, 0.3) is 11.6 Å². The number of allylic oxidation sites excluding steroid dienone is 1. The lowest BCUT2D eigenvalue weighted by molar-refractivity contribution is 0.420. The quantitative estimate of drug-likeness (QED) is 0.739. The number of fused-ring (bicyclic) bond motifs is 1. The van der Waals surface area contributed by atoms with Crippen LogP contribution in [-0.2, 0) is 6.54 Å². The second kappa shape index (κ2) is 6.42. The molecule has 1 aliphatic heterocycles. The van der Waals surface area contributed by atoms with E-state index in [2.05, 4.69) is 4.99 Å². The summed E-state index contributed by atoms with van der Waals surface area (Å²) in [5.74, 6) is 0.00573. The molecule has 0 bridgehead atoms. The van der Waals surface area contributed by atoms with Crippen molar-refractivity contribution < 1.29 is 5.11 Å². The molecule has 1 aromatic heterocycles. The van der Waals surface area contributed by atoms with Crippen LogP contribution in [0.1, 0.15) is 28.5 Å². The summed E-state index contributed by atoms with van der Waals surface area (Å²) in [4.78, 5) is 17.4. The molecule has 130 valence electrons. The average molecular weight is 362 g/mol. The number of hydrogen-bond acceptors (Lipinski definition) is 4. The molecule has 0 spiro atoms. The van der Waals surface area contributed by atoms with E-state index in [1.807, 2.05) is 68.5 Å². The van der Waals surface area contributed by atoms with Crippen molar-refractivity contribution in [2.24, 2.45) is 4.99 Å². The monoisotopic (exact) mass is 362 g/mol. The lowest BCUT2D eigenvalue weighted by Crippen LogP contribution is -2.13. The number of rotatable bonds is 3. The summed E-state index contributed by atoms with van der Waals surface area (Å²) in [5.41, 5.74) is 5.89. The number of aromatic hydroxyl groups is 1. The van der Waals surface area contributed by atoms with Gasteiger partial charge in [0.15, 0.2) is 0 Å². The van der Waals surface area contributed by atoms with Crippen molar-refractivity contribution in [3.05, 3.63) is 79.8 Å². The Morgan fingerprint density at radius 1 is 1.15 bits per heavy atom. The summed E-state index contributed by atoms with van der Waals surface area (Å²) >= 11 is 1.05. The number of nitrogens with zero attached hydrogens (tertiary/aromatic N) is 2. The van der Waals surface area contributed by atoms with Crippen LogP contribution in [0.5, 0.6) is 5.88 Å². The molecule has 26 heavy (non-hydrogen) atoms. The van der Waals surface area contributed by atoms with Crippen LogP contribution in [0.2, 0.25) is 0 Å². The summed E-state index contributed by atoms with van der Waals surface area (Å²) in [6.45, 7) is 4.31. The summed E-state index contributed by atoms with van der Waals surface area (Å²) in [6.07, 6.45) is 1.86. The highest BCUT2D eigenvalue weighted by Gasteiger charge is 2.20. The van der Waals surface area contributed by atoms with Crippen LogP contribution < -0.4 is 4.87 Å². The molecule has 4 nitrogen and oxygen atoms in total. The number of para-hydroxylation sites is 1. The Bertz CT molecular complexity index is 1120. The van der Waals surface area contributed by atoms with Crippen molar-refractivity contribution in [2.75, 3.05) is 0 Å². The van der Waals surface area contributed by atoms with Crippen molar-refractivity contribution in [3.63, 3.8) is 0 Å². The molecular formula is C21H18N2O2S. The zero-order valence-electron chi connectivity index (χ0n) is 14.6. The predicted molar refractivity (Wildman–Crippen MR) is 108 cm³/mol. The van der Waals surface area contributed by atoms with Gasteiger partial charge in [-0.3, -0.25) is 14.4 Å². The molecule has 0 amide bonds. The summed E-state index contributed by atoms with van der Waals surface area (Å²) in [6, 6.07) is 15.8. The highest BCUT2D eigenvalue weighted by molar-refractivity contribution is 7.10. The van der Waals surface area contributed by atoms with Crippen LogP contribution in [0.3, 0.4) is 0 Å². The van der Waals surface area contributed by atoms with E-state index in [-0.39, 0.29) is 10.8 Å². The first-order valence-corrected chi connectivity index (χ1v) is 9.19. The van der Waals surface area contributed by atoms with Gasteiger partial charge in [0.1, 0.15) is 0 Å². The van der Waals surface area contributed by atoms with Gasteiger partial charge in [-0.15, -0.1) is 0 Å². The number of hydrogen-bond donors (Lipinski definition) is 1. The van der Waals surface area contributed by atoms with E-state index in [0.717, 1.165) is 45.0 Å². The van der Waals surface area contributed by atoms with Crippen LogP contribution in [0.15, 0.2) is 58.3 Å². The van der Waals surface area contributed by atoms with Crippen molar-refractivity contribution in [1.82, 2.24) is 4.57 Å². The minimum Gasteiger partial charge on any atom is -0.493 e. The Kier molecular flexibility index (Phi) is 4.09. The highest BCUT2D eigenvalue weighted by Crippen LogP contribution is 2.37. The Morgan fingerprint density at radius 2 is 1.96 bits per heavy atom. The van der Waals surface area contributed by atoms with E-state index in [0.29, 0.717) is 11.4 Å². The maximum atomic E-state index is 12.4. The highest BCUT2D eigenvalue weighted by atomic mass is 32.1. The van der Waals surface area contributed by atoms with Crippen molar-refractivity contribution in [2.45, 2.75) is 20.4 Å². The van der Waals surface area contributed by atoms with Gasteiger partial charge in [0, 0.05) is 16.8 Å². The fourth-order valence-corrected chi connectivity index (χ4v) is 4.02. The van der Waals surface area contributed by atoms with Crippen molar-refractivity contribution in [3.8, 4) is 5.88 Å². The van der Waals surface area contributed by atoms with Gasteiger partial charge >= 0.3 is 4.87 Å². The summed E-state index contributed by atoms with van der Waals surface area (Å²) in [7, 11) is 0. The molecule has 0 atom stereocenters. The van der Waals surface area contributed by atoms with Gasteiger partial charge in [-0.2, -0.15) is 0 Å². The number of aliphatic imine (C=N–C) groups is 1. The van der Waals surface area contributed by atoms with E-state index in [1.54, 1.807) is 0 Å². The number of benzene rings is 2. The minimum absolute atomic E-state index is 0.00573. The van der Waals surface area contributed by atoms with Gasteiger partial charge in [0.05, 0.1) is 17.1 Å². The summed E-state index contributed by atoms with van der Waals surface area (Å²) in [5, 5.41) is 10.6. The zero-order valence-corrected chi connectivity index (χ0v) is 15.4. The van der Waals surface area contributed by atoms with Gasteiger partial charge in [0.25, 0.3) is 0 Å². The van der Waals surface area contributed by atoms with E-state index >= 15 is 0 Å². The first-order chi connectivity index (χ1) is 12.5. The van der Waals surface area contributed by atoms with E-state index in [9.17, 15) is 9.90 Å². The second-order valence-corrected chi connectivity index (χ2v) is 7.40. The first-order valence-electron chi connectivity index (χ1n) is 8.38. The Balaban J connectivity index is 1.74. The third-order valence-corrected chi connectivity index (χ3v) is 5.38. The molecule has 1 N–H and O–H groups in total. The molecule has 0 radical (unpaired) electrons. The van der Waals surface area contributed by atoms with E-state index in [1.165, 1.54) is 4.57 Å². The largest absolute Gasteiger partial charge is 0.493 e. The first kappa shape index (κ1) is 16.5. The molecule has 3 aromatic rings. The number of aromatic nitrogens is 1. The third-order valence-electron chi connectivity index (χ3n) is 4.46. The predicted octanol–water partition coefficient (Wildman–Crippen LogP) is 4.62. The van der Waals surface area contributed by atoms with Crippen LogP contribution in [0, 0.1) is 6.92 Å². The molecular weight excluding hydrogens is 344 g/mol. The van der Waals surface area contributed by atoms with E-state index < -0.39 is 0 Å². The topological polar surface area (TPSA) is 54.6 Å². The third kappa shape index (κ3) is 2.91. The second-order valence-electron chi connectivity index (χ2n) is 6.40. The smallest absolute Gasteiger partial charge is 0.310 e. The van der Waals surface area contributed by atoms with Gasteiger partial charge in [-0.25, -0.2) is 0 Å². The standard InChI is InChI=1S/C21H18N2O2S/c1-13-6-5-7-15(10-13)12-23-20(24)19(26-21(23)25)11-17-14(2)22-18-9-4-3-8-16(17)18/h3-11,24H,12H2,1-2H3. The van der Waals surface area contributed by atoms with Crippen molar-refractivity contribution >= 4 is 34.4 Å². The van der Waals surface area contributed by atoms with E-state index in [4.69, 9.17) is 0 Å². The van der Waals surface area contributed by atoms with Gasteiger partial charge in [0.2, 0.25) is 5.88 Å². The summed E-state index contributed by atoms with van der Waals surface area (Å²) < 4.78 is 1.42. The molecule has 1 aliphatic rings. The lowest BCUT2D eigenvalue weighted by Gasteiger charge is -2.05. The maximum Gasteiger partial charge on any atom is 0.310 e. The molecule has 0 saturated heterocycles. The van der Waals surface area contributed by atoms with Gasteiger partial charge < -0.3 is 5.11 Å². The zero-order chi connectivity index (χ0) is 18.3. The van der Waals surface area contributed by atoms with Crippen LogP contribution in [0.4, 0.5) is 5.69 Å². The SMILES string of the molecule is CC1=Nc2ccccc2C1=Cc1sc(=O)n(Cc2cccc(C)c2)c1O. The Morgan fingerprint density at radius 3 is 2.77 bits per heavy atom. The number of thiazole rings is 1. The van der Waals surface area contributed by atoms with Crippen molar-refractivity contribution in [1.29, 1.82) is 0 Å². The van der Waals surface area contributed by atoms with Gasteiger partial charge in [-0.05, 0) is 31.6 Å². The van der Waals surface area contributed by atoms with Crippen LogP contribution in [-0.4, -0.2) is 15.4 Å². The average Bonchev–Trinajstić information content (AvgIpc) is 3.07. The molecule has 5 heteroatoms. The maximum absolute atomic E-state index is 12.4. The molecule has 2 aromatic carbocycles. The Hall–Kier alpha value is -2.92. The molecule has 2 heterocycles. The van der Waals surface area contributed by atoms with Crippen LogP contribution >= 0.6 is 11.3 Å². The molecule has 0 aliphatic carbocycles. The minimum atomic E-state index is -0.170. The fraction of sp³-hybridized carbons (Fsp3) is 0.143. The molecule has 0 saturated carbocycles. The number of aryl methyl sites for hydroxylation is 1. The fourth-order valence-electron chi connectivity index (χ4n) is 3.19. The van der Waals surface area contributed by atoms with Gasteiger partial charge in [-0.1, -0.05) is 59.4 Å².